The lowest BCUT2D eigenvalue weighted by atomic mass is 10.3. The number of anilines is 1. The molecular weight excluding hydrogens is 291 g/mol. The van der Waals surface area contributed by atoms with E-state index in [1.54, 1.807) is 38.2 Å². The summed E-state index contributed by atoms with van der Waals surface area (Å²) in [4.78, 5) is 15.8. The van der Waals surface area contributed by atoms with Gasteiger partial charge >= 0.3 is 5.97 Å². The summed E-state index contributed by atoms with van der Waals surface area (Å²) in [5.41, 5.74) is 0. The maximum Gasteiger partial charge on any atom is 0.347 e. The average Bonchev–Trinajstić information content (AvgIpc) is 2.39. The summed E-state index contributed by atoms with van der Waals surface area (Å²) in [6, 6.07) is 5.26. The van der Waals surface area contributed by atoms with Crippen LogP contribution in [0.25, 0.3) is 0 Å². The van der Waals surface area contributed by atoms with E-state index >= 15 is 0 Å². The smallest absolute Gasteiger partial charge is 0.347 e. The zero-order valence-electron chi connectivity index (χ0n) is 10.7. The number of aromatic nitrogens is 1. The van der Waals surface area contributed by atoms with Crippen molar-refractivity contribution in [2.75, 3.05) is 18.5 Å². The Labute approximate surface area is 122 Å². The van der Waals surface area contributed by atoms with Gasteiger partial charge < -0.3 is 14.8 Å². The van der Waals surface area contributed by atoms with Gasteiger partial charge in [0.05, 0.1) is 6.61 Å². The Morgan fingerprint density at radius 3 is 2.68 bits per heavy atom. The molecule has 0 spiro atoms. The zero-order valence-corrected chi connectivity index (χ0v) is 12.2. The fourth-order valence-electron chi connectivity index (χ4n) is 1.32. The van der Waals surface area contributed by atoms with Gasteiger partial charge in [0.15, 0.2) is 6.23 Å². The molecule has 0 saturated carbocycles. The molecule has 19 heavy (non-hydrogen) atoms. The first-order chi connectivity index (χ1) is 9.02. The molecule has 0 aliphatic heterocycles. The van der Waals surface area contributed by atoms with Gasteiger partial charge in [-0.05, 0) is 26.0 Å². The lowest BCUT2D eigenvalue weighted by Gasteiger charge is -2.28. The van der Waals surface area contributed by atoms with Crippen LogP contribution in [0, 0.1) is 0 Å². The van der Waals surface area contributed by atoms with Gasteiger partial charge in [0.1, 0.15) is 5.82 Å². The Morgan fingerprint density at radius 2 is 2.16 bits per heavy atom. The minimum atomic E-state index is -1.86. The third kappa shape index (κ3) is 4.53. The van der Waals surface area contributed by atoms with Crippen LogP contribution in [-0.2, 0) is 14.3 Å². The van der Waals surface area contributed by atoms with Crippen LogP contribution in [0.3, 0.4) is 0 Å². The van der Waals surface area contributed by atoms with Crippen LogP contribution in [-0.4, -0.2) is 34.7 Å². The van der Waals surface area contributed by atoms with Gasteiger partial charge in [0.25, 0.3) is 4.33 Å². The van der Waals surface area contributed by atoms with Crippen molar-refractivity contribution in [1.29, 1.82) is 0 Å². The molecule has 0 aliphatic carbocycles. The number of nitrogens with one attached hydrogen (secondary N) is 1. The fraction of sp³-hybridized carbons (Fsp3) is 0.500. The molecule has 0 bridgehead atoms. The van der Waals surface area contributed by atoms with E-state index in [0.29, 0.717) is 12.4 Å². The molecular formula is C12H16Cl2N2O3. The molecule has 1 N–H and O–H groups in total. The highest BCUT2D eigenvalue weighted by Crippen LogP contribution is 2.30. The van der Waals surface area contributed by atoms with Gasteiger partial charge in [0, 0.05) is 12.8 Å². The quantitative estimate of drug-likeness (QED) is 0.476. The van der Waals surface area contributed by atoms with Crippen molar-refractivity contribution in [2.45, 2.75) is 24.4 Å². The number of rotatable bonds is 7. The summed E-state index contributed by atoms with van der Waals surface area (Å²) in [7, 11) is 0. The van der Waals surface area contributed by atoms with E-state index in [2.05, 4.69) is 10.3 Å². The predicted octanol–water partition coefficient (Wildman–Crippen LogP) is 2.59. The van der Waals surface area contributed by atoms with E-state index in [-0.39, 0.29) is 6.61 Å². The summed E-state index contributed by atoms with van der Waals surface area (Å²) in [6.07, 6.45) is 0.634. The Balaban J connectivity index is 2.84. The van der Waals surface area contributed by atoms with E-state index in [0.717, 1.165) is 0 Å². The minimum Gasteiger partial charge on any atom is -0.464 e. The van der Waals surface area contributed by atoms with Crippen molar-refractivity contribution in [3.8, 4) is 0 Å². The van der Waals surface area contributed by atoms with E-state index < -0.39 is 16.5 Å². The molecule has 1 heterocycles. The monoisotopic (exact) mass is 306 g/mol. The number of carbonyl (C=O) groups excluding carboxylic acids is 1. The van der Waals surface area contributed by atoms with Crippen molar-refractivity contribution < 1.29 is 14.3 Å². The second-order valence-corrected chi connectivity index (χ2v) is 4.92. The maximum atomic E-state index is 11.7. The van der Waals surface area contributed by atoms with E-state index in [1.807, 2.05) is 0 Å². The topological polar surface area (TPSA) is 60.5 Å². The molecule has 0 radical (unpaired) electrons. The van der Waals surface area contributed by atoms with E-state index in [9.17, 15) is 4.79 Å². The zero-order chi connectivity index (χ0) is 14.3. The Hall–Kier alpha value is -1.04. The molecule has 5 nitrogen and oxygen atoms in total. The van der Waals surface area contributed by atoms with Gasteiger partial charge in [-0.1, -0.05) is 29.3 Å². The summed E-state index contributed by atoms with van der Waals surface area (Å²) in [5.74, 6) is -0.267. The third-order valence-electron chi connectivity index (χ3n) is 2.15. The van der Waals surface area contributed by atoms with Crippen LogP contribution in [0.15, 0.2) is 24.4 Å². The van der Waals surface area contributed by atoms with Gasteiger partial charge in [-0.15, -0.1) is 0 Å². The molecule has 1 atom stereocenters. The van der Waals surface area contributed by atoms with Crippen LogP contribution in [0.1, 0.15) is 13.8 Å². The number of carbonyl (C=O) groups is 1. The van der Waals surface area contributed by atoms with Gasteiger partial charge in [0.2, 0.25) is 0 Å². The van der Waals surface area contributed by atoms with Gasteiger partial charge in [-0.3, -0.25) is 0 Å². The third-order valence-corrected chi connectivity index (χ3v) is 2.86. The number of esters is 1. The molecule has 0 amide bonds. The van der Waals surface area contributed by atoms with Crippen LogP contribution >= 0.6 is 23.2 Å². The Bertz CT molecular complexity index is 401. The predicted molar refractivity (Wildman–Crippen MR) is 74.3 cm³/mol. The summed E-state index contributed by atoms with van der Waals surface area (Å²) >= 11 is 12.1. The molecule has 0 aromatic carbocycles. The number of hydrogen-bond acceptors (Lipinski definition) is 5. The maximum absolute atomic E-state index is 11.7. The standard InChI is InChI=1S/C12H16Cl2N2O3/c1-3-18-10(12(13,14)11(17)19-4-2)16-9-7-5-6-8-15-9/h5-8,10H,3-4H2,1-2H3,(H,15,16). The molecule has 0 aliphatic rings. The van der Waals surface area contributed by atoms with E-state index in [4.69, 9.17) is 32.7 Å². The molecule has 7 heteroatoms. The highest BCUT2D eigenvalue weighted by molar-refractivity contribution is 6.58. The molecule has 106 valence electrons. The summed E-state index contributed by atoms with van der Waals surface area (Å²) in [5, 5.41) is 2.86. The number of hydrogen-bond donors (Lipinski definition) is 1. The van der Waals surface area contributed by atoms with Crippen LogP contribution < -0.4 is 5.32 Å². The number of pyridine rings is 1. The first-order valence-electron chi connectivity index (χ1n) is 5.86. The molecule has 1 aromatic heterocycles. The highest BCUT2D eigenvalue weighted by atomic mass is 35.5. The number of ether oxygens (including phenoxy) is 2. The summed E-state index contributed by atoms with van der Waals surface area (Å²) < 4.78 is 8.33. The van der Waals surface area contributed by atoms with Crippen molar-refractivity contribution in [2.24, 2.45) is 0 Å². The van der Waals surface area contributed by atoms with Crippen molar-refractivity contribution in [1.82, 2.24) is 4.98 Å². The number of halogens is 2. The van der Waals surface area contributed by atoms with Crippen LogP contribution in [0.4, 0.5) is 5.82 Å². The Morgan fingerprint density at radius 1 is 1.42 bits per heavy atom. The molecule has 0 fully saturated rings. The lowest BCUT2D eigenvalue weighted by Crippen LogP contribution is -2.47. The second kappa shape index (κ2) is 7.53. The lowest BCUT2D eigenvalue weighted by molar-refractivity contribution is -0.146. The van der Waals surface area contributed by atoms with Crippen molar-refractivity contribution >= 4 is 35.0 Å². The normalized spacial score (nSPS) is 12.8. The highest BCUT2D eigenvalue weighted by Gasteiger charge is 2.45. The molecule has 1 aromatic rings. The fourth-order valence-corrected chi connectivity index (χ4v) is 1.66. The Kier molecular flexibility index (Phi) is 6.34. The first-order valence-corrected chi connectivity index (χ1v) is 6.62. The SMILES string of the molecule is CCOC(=O)C(Cl)(Cl)C(Nc1ccccn1)OCC. The molecule has 1 rings (SSSR count). The number of nitrogens with zero attached hydrogens (tertiary/aromatic N) is 1. The molecule has 0 saturated heterocycles. The van der Waals surface area contributed by atoms with E-state index in [1.165, 1.54) is 0 Å². The largest absolute Gasteiger partial charge is 0.464 e. The van der Waals surface area contributed by atoms with Crippen LogP contribution in [0.2, 0.25) is 0 Å². The second-order valence-electron chi connectivity index (χ2n) is 3.54. The first kappa shape index (κ1) is 16.0. The van der Waals surface area contributed by atoms with Crippen LogP contribution in [0.5, 0.6) is 0 Å². The van der Waals surface area contributed by atoms with Crippen molar-refractivity contribution in [3.05, 3.63) is 24.4 Å². The van der Waals surface area contributed by atoms with Gasteiger partial charge in [-0.25, -0.2) is 9.78 Å². The van der Waals surface area contributed by atoms with Crippen molar-refractivity contribution in [3.63, 3.8) is 0 Å². The molecule has 1 unspecified atom stereocenters. The number of alkyl halides is 2. The minimum absolute atomic E-state index is 0.183. The average molecular weight is 307 g/mol. The van der Waals surface area contributed by atoms with Gasteiger partial charge in [-0.2, -0.15) is 0 Å². The summed E-state index contributed by atoms with van der Waals surface area (Å²) in [6.45, 7) is 3.94.